The molecule has 0 spiro atoms. The number of aliphatic hydroxyl groups is 1. The molecule has 0 amide bonds. The fourth-order valence-electron chi connectivity index (χ4n) is 1.67. The monoisotopic (exact) mass is 280 g/mol. The first-order valence-electron chi connectivity index (χ1n) is 6.84. The maximum Gasteiger partial charge on any atom is 0.308 e. The van der Waals surface area contributed by atoms with Crippen molar-refractivity contribution in [3.63, 3.8) is 0 Å². The van der Waals surface area contributed by atoms with Crippen LogP contribution in [-0.4, -0.2) is 57.0 Å². The molecule has 116 valence electrons. The van der Waals surface area contributed by atoms with Crippen LogP contribution in [0.25, 0.3) is 0 Å². The van der Waals surface area contributed by atoms with Gasteiger partial charge in [-0.05, 0) is 27.2 Å². The lowest BCUT2D eigenvalue weighted by Crippen LogP contribution is -2.50. The summed E-state index contributed by atoms with van der Waals surface area (Å²) in [5, 5.41) is 10.4. The van der Waals surface area contributed by atoms with Gasteiger partial charge in [0.15, 0.2) is 6.29 Å². The highest BCUT2D eigenvalue weighted by Gasteiger charge is 2.39. The lowest BCUT2D eigenvalue weighted by Gasteiger charge is -2.35. The first kappa shape index (κ1) is 18.8. The Balaban J connectivity index is 4.58. The van der Waals surface area contributed by atoms with Gasteiger partial charge in [0.2, 0.25) is 0 Å². The molecule has 0 saturated heterocycles. The minimum atomic E-state index is -1.78. The lowest BCUT2D eigenvalue weighted by atomic mass is 10.2. The van der Waals surface area contributed by atoms with E-state index in [9.17, 15) is 5.11 Å². The number of ether oxygens (including phenoxy) is 5. The average molecular weight is 280 g/mol. The van der Waals surface area contributed by atoms with E-state index in [2.05, 4.69) is 0 Å². The molecular formula is C13H28O6. The van der Waals surface area contributed by atoms with Crippen LogP contribution in [0.2, 0.25) is 0 Å². The summed E-state index contributed by atoms with van der Waals surface area (Å²) < 4.78 is 26.6. The van der Waals surface area contributed by atoms with E-state index in [0.29, 0.717) is 26.2 Å². The number of rotatable bonds is 12. The lowest BCUT2D eigenvalue weighted by molar-refractivity contribution is -0.408. The number of hydrogen-bond donors (Lipinski definition) is 1. The average Bonchev–Trinajstić information content (AvgIpc) is 2.41. The van der Waals surface area contributed by atoms with Crippen LogP contribution < -0.4 is 0 Å². The van der Waals surface area contributed by atoms with Crippen molar-refractivity contribution in [1.29, 1.82) is 0 Å². The van der Waals surface area contributed by atoms with Crippen molar-refractivity contribution in [2.45, 2.75) is 52.5 Å². The Morgan fingerprint density at radius 2 is 1.58 bits per heavy atom. The van der Waals surface area contributed by atoms with E-state index in [1.807, 2.05) is 20.8 Å². The molecule has 0 rings (SSSR count). The van der Waals surface area contributed by atoms with Crippen LogP contribution in [0.4, 0.5) is 0 Å². The van der Waals surface area contributed by atoms with Crippen LogP contribution in [0.3, 0.4) is 0 Å². The third-order valence-corrected chi connectivity index (χ3v) is 2.54. The van der Waals surface area contributed by atoms with E-state index >= 15 is 0 Å². The Kier molecular flexibility index (Phi) is 10.4. The zero-order chi connectivity index (χ0) is 14.7. The molecule has 6 nitrogen and oxygen atoms in total. The van der Waals surface area contributed by atoms with E-state index in [-0.39, 0.29) is 6.61 Å². The van der Waals surface area contributed by atoms with Gasteiger partial charge >= 0.3 is 5.97 Å². The van der Waals surface area contributed by atoms with Crippen LogP contribution in [0, 0.1) is 0 Å². The largest absolute Gasteiger partial charge is 0.370 e. The molecule has 1 N–H and O–H groups in total. The second-order valence-electron chi connectivity index (χ2n) is 3.85. The standard InChI is InChI=1S/C13H28O6/c1-6-11(16-7-2)13(14,18-9-4)19-10-12(15-5)17-8-3/h11-12,14H,6-10H2,1-5H3. The summed E-state index contributed by atoms with van der Waals surface area (Å²) in [7, 11) is 1.52. The highest BCUT2D eigenvalue weighted by Crippen LogP contribution is 2.21. The summed E-state index contributed by atoms with van der Waals surface area (Å²) in [6.45, 7) is 8.72. The first-order chi connectivity index (χ1) is 9.07. The van der Waals surface area contributed by atoms with Crippen molar-refractivity contribution in [1.82, 2.24) is 0 Å². The minimum absolute atomic E-state index is 0.0599. The van der Waals surface area contributed by atoms with Crippen molar-refractivity contribution in [3.8, 4) is 0 Å². The molecule has 0 heterocycles. The van der Waals surface area contributed by atoms with Crippen molar-refractivity contribution in [2.75, 3.05) is 33.5 Å². The van der Waals surface area contributed by atoms with Gasteiger partial charge in [0.25, 0.3) is 0 Å². The molecule has 0 aromatic rings. The quantitative estimate of drug-likeness (QED) is 0.547. The Morgan fingerprint density at radius 3 is 2.00 bits per heavy atom. The third kappa shape index (κ3) is 6.65. The Morgan fingerprint density at radius 1 is 0.947 bits per heavy atom. The fraction of sp³-hybridized carbons (Fsp3) is 1.00. The SMILES string of the molecule is CCOC(COC(O)(OCC)C(CC)OCC)OC. The molecule has 0 fully saturated rings. The van der Waals surface area contributed by atoms with Crippen LogP contribution in [0.1, 0.15) is 34.1 Å². The molecule has 3 atom stereocenters. The van der Waals surface area contributed by atoms with Crippen LogP contribution in [0.5, 0.6) is 0 Å². The van der Waals surface area contributed by atoms with E-state index < -0.39 is 18.4 Å². The number of methoxy groups -OCH3 is 1. The summed E-state index contributed by atoms with van der Waals surface area (Å²) in [6, 6.07) is 0. The first-order valence-corrected chi connectivity index (χ1v) is 6.84. The van der Waals surface area contributed by atoms with Gasteiger partial charge < -0.3 is 28.8 Å². The fourth-order valence-corrected chi connectivity index (χ4v) is 1.67. The van der Waals surface area contributed by atoms with Gasteiger partial charge in [-0.1, -0.05) is 6.92 Å². The van der Waals surface area contributed by atoms with E-state index in [0.717, 1.165) is 0 Å². The highest BCUT2D eigenvalue weighted by atomic mass is 16.8. The molecule has 0 aliphatic heterocycles. The van der Waals surface area contributed by atoms with Crippen LogP contribution >= 0.6 is 0 Å². The molecule has 0 saturated carbocycles. The molecular weight excluding hydrogens is 252 g/mol. The van der Waals surface area contributed by atoms with Gasteiger partial charge in [-0.15, -0.1) is 0 Å². The van der Waals surface area contributed by atoms with Gasteiger partial charge in [-0.2, -0.15) is 0 Å². The molecule has 6 heteroatoms. The summed E-state index contributed by atoms with van der Waals surface area (Å²) in [5.74, 6) is -1.78. The molecule has 0 bridgehead atoms. The molecule has 0 radical (unpaired) electrons. The Hall–Kier alpha value is -0.240. The maximum atomic E-state index is 10.4. The maximum absolute atomic E-state index is 10.4. The zero-order valence-electron chi connectivity index (χ0n) is 12.7. The van der Waals surface area contributed by atoms with E-state index in [4.69, 9.17) is 23.7 Å². The summed E-state index contributed by atoms with van der Waals surface area (Å²) in [5.41, 5.74) is 0. The molecule has 0 aliphatic rings. The molecule has 0 aromatic heterocycles. The van der Waals surface area contributed by atoms with Crippen LogP contribution in [-0.2, 0) is 23.7 Å². The second-order valence-corrected chi connectivity index (χ2v) is 3.85. The Bertz CT molecular complexity index is 213. The predicted octanol–water partition coefficient (Wildman–Crippen LogP) is 1.51. The zero-order valence-corrected chi connectivity index (χ0v) is 12.7. The van der Waals surface area contributed by atoms with Gasteiger partial charge in [-0.25, -0.2) is 0 Å². The normalized spacial score (nSPS) is 18.0. The number of hydrogen-bond acceptors (Lipinski definition) is 6. The van der Waals surface area contributed by atoms with Crippen molar-refractivity contribution in [2.24, 2.45) is 0 Å². The van der Waals surface area contributed by atoms with Crippen molar-refractivity contribution < 1.29 is 28.8 Å². The molecule has 19 heavy (non-hydrogen) atoms. The predicted molar refractivity (Wildman–Crippen MR) is 70.7 cm³/mol. The highest BCUT2D eigenvalue weighted by molar-refractivity contribution is 4.69. The second kappa shape index (κ2) is 10.5. The molecule has 0 aliphatic carbocycles. The molecule has 0 aromatic carbocycles. The minimum Gasteiger partial charge on any atom is -0.370 e. The van der Waals surface area contributed by atoms with Gasteiger partial charge in [0, 0.05) is 26.9 Å². The third-order valence-electron chi connectivity index (χ3n) is 2.54. The molecule has 3 unspecified atom stereocenters. The topological polar surface area (TPSA) is 66.4 Å². The van der Waals surface area contributed by atoms with Gasteiger partial charge in [-0.3, -0.25) is 0 Å². The van der Waals surface area contributed by atoms with Crippen molar-refractivity contribution in [3.05, 3.63) is 0 Å². The summed E-state index contributed by atoms with van der Waals surface area (Å²) in [6.07, 6.45) is -0.538. The summed E-state index contributed by atoms with van der Waals surface area (Å²) >= 11 is 0. The van der Waals surface area contributed by atoms with E-state index in [1.165, 1.54) is 7.11 Å². The van der Waals surface area contributed by atoms with Gasteiger partial charge in [0.1, 0.15) is 12.7 Å². The van der Waals surface area contributed by atoms with Crippen LogP contribution in [0.15, 0.2) is 0 Å². The van der Waals surface area contributed by atoms with Gasteiger partial charge in [0.05, 0.1) is 0 Å². The smallest absolute Gasteiger partial charge is 0.308 e. The van der Waals surface area contributed by atoms with E-state index in [1.54, 1.807) is 6.92 Å². The summed E-state index contributed by atoms with van der Waals surface area (Å²) in [4.78, 5) is 0. The Labute approximate surface area is 115 Å². The van der Waals surface area contributed by atoms with Crippen molar-refractivity contribution >= 4 is 0 Å².